The first-order chi connectivity index (χ1) is 7.93. The Bertz CT molecular complexity index is 348. The molecule has 8 heteroatoms. The summed E-state index contributed by atoms with van der Waals surface area (Å²) in [5.41, 5.74) is 0. The van der Waals surface area contributed by atoms with Gasteiger partial charge in [0.15, 0.2) is 6.23 Å². The Kier molecular flexibility index (Phi) is 2.94. The highest BCUT2D eigenvalue weighted by atomic mass is 16.6. The van der Waals surface area contributed by atoms with Gasteiger partial charge in [-0.2, -0.15) is 0 Å². The number of aliphatic hydroxyl groups excluding tert-OH is 3. The van der Waals surface area contributed by atoms with Gasteiger partial charge in [0.25, 0.3) is 0 Å². The third-order valence-corrected chi connectivity index (χ3v) is 3.03. The van der Waals surface area contributed by atoms with E-state index in [1.54, 1.807) is 0 Å². The van der Waals surface area contributed by atoms with E-state index in [9.17, 15) is 24.9 Å². The van der Waals surface area contributed by atoms with Crippen LogP contribution in [0.15, 0.2) is 0 Å². The molecule has 2 aliphatic rings. The van der Waals surface area contributed by atoms with E-state index >= 15 is 0 Å². The van der Waals surface area contributed by atoms with Gasteiger partial charge < -0.3 is 25.4 Å². The zero-order valence-corrected chi connectivity index (χ0v) is 9.11. The van der Waals surface area contributed by atoms with Gasteiger partial charge in [-0.25, -0.2) is 4.79 Å². The number of ether oxygens (including phenoxy) is 1. The molecule has 8 nitrogen and oxygen atoms in total. The number of hydrogen-bond donors (Lipinski definition) is 4. The second kappa shape index (κ2) is 4.13. The summed E-state index contributed by atoms with van der Waals surface area (Å²) in [6, 6.07) is -1.93. The highest BCUT2D eigenvalue weighted by Crippen LogP contribution is 2.28. The molecule has 0 spiro atoms. The van der Waals surface area contributed by atoms with E-state index in [-0.39, 0.29) is 6.61 Å². The maximum Gasteiger partial charge on any atom is 0.412 e. The van der Waals surface area contributed by atoms with Gasteiger partial charge in [0.2, 0.25) is 5.91 Å². The van der Waals surface area contributed by atoms with E-state index in [1.807, 2.05) is 0 Å². The topological polar surface area (TPSA) is 119 Å². The number of nitrogens with one attached hydrogen (secondary N) is 1. The van der Waals surface area contributed by atoms with Crippen LogP contribution in [0.2, 0.25) is 0 Å². The number of piperidine rings is 1. The molecule has 2 aliphatic heterocycles. The van der Waals surface area contributed by atoms with E-state index in [0.717, 1.165) is 4.90 Å². The van der Waals surface area contributed by atoms with E-state index in [0.29, 0.717) is 0 Å². The lowest BCUT2D eigenvalue weighted by Gasteiger charge is -2.43. The lowest BCUT2D eigenvalue weighted by Crippen LogP contribution is -2.69. The van der Waals surface area contributed by atoms with Crippen LogP contribution < -0.4 is 5.32 Å². The molecule has 0 aromatic carbocycles. The van der Waals surface area contributed by atoms with Crippen molar-refractivity contribution in [3.8, 4) is 0 Å². The van der Waals surface area contributed by atoms with Gasteiger partial charge in [-0.1, -0.05) is 0 Å². The number of carbonyl (C=O) groups is 2. The third kappa shape index (κ3) is 1.84. The number of rotatable bonds is 1. The Hall–Kier alpha value is -1.38. The smallest absolute Gasteiger partial charge is 0.412 e. The number of amides is 2. The second-order valence-corrected chi connectivity index (χ2v) is 4.17. The second-order valence-electron chi connectivity index (χ2n) is 4.17. The fourth-order valence-corrected chi connectivity index (χ4v) is 2.20. The molecule has 5 atom stereocenters. The van der Waals surface area contributed by atoms with Crippen LogP contribution in [0, 0.1) is 0 Å². The Balaban J connectivity index is 2.24. The van der Waals surface area contributed by atoms with Gasteiger partial charge in [0.1, 0.15) is 30.9 Å². The van der Waals surface area contributed by atoms with Crippen LogP contribution in [0.3, 0.4) is 0 Å². The lowest BCUT2D eigenvalue weighted by atomic mass is 9.92. The molecule has 17 heavy (non-hydrogen) atoms. The summed E-state index contributed by atoms with van der Waals surface area (Å²) in [6.45, 7) is 1.11. The van der Waals surface area contributed by atoms with Crippen molar-refractivity contribution in [3.63, 3.8) is 0 Å². The highest BCUT2D eigenvalue weighted by molar-refractivity contribution is 5.74. The summed E-state index contributed by atoms with van der Waals surface area (Å²) < 4.78 is 4.69. The van der Waals surface area contributed by atoms with Crippen molar-refractivity contribution in [3.05, 3.63) is 0 Å². The van der Waals surface area contributed by atoms with E-state index in [2.05, 4.69) is 10.1 Å². The number of cyclic esters (lactones) is 1. The third-order valence-electron chi connectivity index (χ3n) is 3.03. The van der Waals surface area contributed by atoms with Crippen molar-refractivity contribution in [2.45, 2.75) is 37.4 Å². The predicted molar refractivity (Wildman–Crippen MR) is 52.6 cm³/mol. The van der Waals surface area contributed by atoms with Crippen LogP contribution in [-0.4, -0.2) is 69.3 Å². The molecule has 0 bridgehead atoms. The lowest BCUT2D eigenvalue weighted by molar-refractivity contribution is -0.152. The minimum absolute atomic E-state index is 0.0963. The van der Waals surface area contributed by atoms with Crippen molar-refractivity contribution >= 4 is 12.0 Å². The standard InChI is InChI=1S/C9H14N2O6/c1-3(12)10-5-7(14)6(13)4-2-17-9(16)11(4)8(5)15/h4-8,13-15H,2H2,1H3,(H,10,12)/t4-,5-,6+,7-,8-/m1/s1. The Labute approximate surface area is 96.8 Å². The first-order valence-electron chi connectivity index (χ1n) is 5.20. The minimum atomic E-state index is -1.42. The van der Waals surface area contributed by atoms with Gasteiger partial charge in [0.05, 0.1) is 0 Å². The SMILES string of the molecule is CC(=O)N[C@@H]1[C@@H](O)[C@@H](O)[C@H]2COC(=O)N2[C@@H]1O. The van der Waals surface area contributed by atoms with Crippen LogP contribution in [0.1, 0.15) is 6.92 Å². The zero-order chi connectivity index (χ0) is 12.7. The predicted octanol–water partition coefficient (Wildman–Crippen LogP) is -2.63. The first-order valence-corrected chi connectivity index (χ1v) is 5.20. The molecule has 96 valence electrons. The van der Waals surface area contributed by atoms with Crippen molar-refractivity contribution in [2.75, 3.05) is 6.61 Å². The van der Waals surface area contributed by atoms with Crippen molar-refractivity contribution in [2.24, 2.45) is 0 Å². The summed E-state index contributed by atoms with van der Waals surface area (Å²) in [7, 11) is 0. The van der Waals surface area contributed by atoms with Gasteiger partial charge in [-0.05, 0) is 0 Å². The molecule has 0 aromatic heterocycles. The maximum atomic E-state index is 11.3. The average molecular weight is 246 g/mol. The summed E-state index contributed by atoms with van der Waals surface area (Å²) in [5.74, 6) is -0.480. The van der Waals surface area contributed by atoms with Gasteiger partial charge in [0, 0.05) is 6.92 Å². The number of fused-ring (bicyclic) bond motifs is 1. The Morgan fingerprint density at radius 1 is 1.41 bits per heavy atom. The van der Waals surface area contributed by atoms with E-state index in [1.165, 1.54) is 6.92 Å². The molecule has 0 unspecified atom stereocenters. The molecule has 2 heterocycles. The summed E-state index contributed by atoms with van der Waals surface area (Å²) in [5, 5.41) is 31.7. The largest absolute Gasteiger partial charge is 0.447 e. The minimum Gasteiger partial charge on any atom is -0.447 e. The highest BCUT2D eigenvalue weighted by Gasteiger charge is 2.53. The molecule has 2 rings (SSSR count). The number of nitrogens with zero attached hydrogens (tertiary/aromatic N) is 1. The fourth-order valence-electron chi connectivity index (χ4n) is 2.20. The number of aliphatic hydroxyl groups is 3. The molecular weight excluding hydrogens is 232 g/mol. The van der Waals surface area contributed by atoms with E-state index in [4.69, 9.17) is 0 Å². The van der Waals surface area contributed by atoms with Crippen LogP contribution >= 0.6 is 0 Å². The summed E-state index contributed by atoms with van der Waals surface area (Å²) in [4.78, 5) is 23.2. The quantitative estimate of drug-likeness (QED) is 0.402. The van der Waals surface area contributed by atoms with Crippen LogP contribution in [0.4, 0.5) is 4.79 Å². The van der Waals surface area contributed by atoms with Crippen molar-refractivity contribution in [1.82, 2.24) is 10.2 Å². The van der Waals surface area contributed by atoms with E-state index < -0.39 is 42.5 Å². The molecule has 0 saturated carbocycles. The molecule has 0 radical (unpaired) electrons. The summed E-state index contributed by atoms with van der Waals surface area (Å²) >= 11 is 0. The Morgan fingerprint density at radius 2 is 2.06 bits per heavy atom. The van der Waals surface area contributed by atoms with Gasteiger partial charge >= 0.3 is 6.09 Å². The monoisotopic (exact) mass is 246 g/mol. The normalized spacial score (nSPS) is 40.8. The molecule has 0 aliphatic carbocycles. The number of hydrogen-bond acceptors (Lipinski definition) is 6. The fraction of sp³-hybridized carbons (Fsp3) is 0.778. The van der Waals surface area contributed by atoms with Crippen LogP contribution in [0.25, 0.3) is 0 Å². The molecule has 2 fully saturated rings. The van der Waals surface area contributed by atoms with Gasteiger partial charge in [-0.15, -0.1) is 0 Å². The molecule has 4 N–H and O–H groups in total. The zero-order valence-electron chi connectivity index (χ0n) is 9.11. The first kappa shape index (κ1) is 12.1. The Morgan fingerprint density at radius 3 is 2.65 bits per heavy atom. The van der Waals surface area contributed by atoms with Crippen LogP contribution in [-0.2, 0) is 9.53 Å². The average Bonchev–Trinajstić information content (AvgIpc) is 2.63. The van der Waals surface area contributed by atoms with Crippen LogP contribution in [0.5, 0.6) is 0 Å². The molecular formula is C9H14N2O6. The molecule has 2 saturated heterocycles. The van der Waals surface area contributed by atoms with Gasteiger partial charge in [-0.3, -0.25) is 9.69 Å². The molecule has 0 aromatic rings. The van der Waals surface area contributed by atoms with Crippen molar-refractivity contribution in [1.29, 1.82) is 0 Å². The van der Waals surface area contributed by atoms with Crippen molar-refractivity contribution < 1.29 is 29.6 Å². The number of carbonyl (C=O) groups excluding carboxylic acids is 2. The summed E-state index contributed by atoms with van der Waals surface area (Å²) in [6.07, 6.45) is -4.83. The molecule has 2 amide bonds. The maximum absolute atomic E-state index is 11.3.